The van der Waals surface area contributed by atoms with Crippen LogP contribution in [0.15, 0.2) is 42.5 Å². The first-order valence-corrected chi connectivity index (χ1v) is 7.83. The van der Waals surface area contributed by atoms with Gasteiger partial charge < -0.3 is 10.1 Å². The highest BCUT2D eigenvalue weighted by Gasteiger charge is 2.28. The monoisotopic (exact) mass is 279 g/mol. The van der Waals surface area contributed by atoms with E-state index in [9.17, 15) is 0 Å². The lowest BCUT2D eigenvalue weighted by atomic mass is 10.1. The van der Waals surface area contributed by atoms with Crippen LogP contribution >= 0.6 is 0 Å². The second kappa shape index (κ2) is 5.19. The summed E-state index contributed by atoms with van der Waals surface area (Å²) < 4.78 is 5.38. The standard InChI is InChI=1S/C19H21NO/c1-21-17-8-6-13-7-9-19(18(13)12-17)20-16-10-14-4-2-3-5-15(14)11-16/h2-6,8,12,16,19-20H,7,9-11H2,1H3. The molecule has 21 heavy (non-hydrogen) atoms. The molecule has 2 aromatic rings. The van der Waals surface area contributed by atoms with E-state index in [-0.39, 0.29) is 0 Å². The predicted octanol–water partition coefficient (Wildman–Crippen LogP) is 3.44. The van der Waals surface area contributed by atoms with Gasteiger partial charge >= 0.3 is 0 Å². The topological polar surface area (TPSA) is 21.3 Å². The molecule has 0 heterocycles. The molecule has 0 spiro atoms. The summed E-state index contributed by atoms with van der Waals surface area (Å²) in [4.78, 5) is 0. The molecule has 0 aliphatic heterocycles. The van der Waals surface area contributed by atoms with Crippen molar-refractivity contribution in [2.45, 2.75) is 37.8 Å². The SMILES string of the molecule is COc1ccc2c(c1)C(NC1Cc3ccccc3C1)CC2. The van der Waals surface area contributed by atoms with Gasteiger partial charge in [0.25, 0.3) is 0 Å². The number of hydrogen-bond donors (Lipinski definition) is 1. The van der Waals surface area contributed by atoms with Gasteiger partial charge in [-0.3, -0.25) is 0 Å². The fraction of sp³-hybridized carbons (Fsp3) is 0.368. The van der Waals surface area contributed by atoms with Crippen molar-refractivity contribution in [1.29, 1.82) is 0 Å². The third-order valence-corrected chi connectivity index (χ3v) is 4.92. The van der Waals surface area contributed by atoms with Crippen LogP contribution in [0.3, 0.4) is 0 Å². The van der Waals surface area contributed by atoms with E-state index in [1.165, 1.54) is 35.1 Å². The van der Waals surface area contributed by atoms with E-state index in [0.29, 0.717) is 12.1 Å². The van der Waals surface area contributed by atoms with Gasteiger partial charge in [-0.05, 0) is 60.1 Å². The fourth-order valence-electron chi connectivity index (χ4n) is 3.84. The minimum Gasteiger partial charge on any atom is -0.497 e. The van der Waals surface area contributed by atoms with E-state index in [2.05, 4.69) is 47.8 Å². The van der Waals surface area contributed by atoms with Gasteiger partial charge in [-0.2, -0.15) is 0 Å². The van der Waals surface area contributed by atoms with Crippen molar-refractivity contribution in [3.8, 4) is 5.75 Å². The molecule has 0 radical (unpaired) electrons. The summed E-state index contributed by atoms with van der Waals surface area (Å²) in [6.07, 6.45) is 4.70. The lowest BCUT2D eigenvalue weighted by molar-refractivity contribution is 0.411. The Bertz CT molecular complexity index is 639. The first kappa shape index (κ1) is 12.9. The van der Waals surface area contributed by atoms with Crippen molar-refractivity contribution in [2.24, 2.45) is 0 Å². The van der Waals surface area contributed by atoms with E-state index in [0.717, 1.165) is 18.6 Å². The second-order valence-electron chi connectivity index (χ2n) is 6.20. The lowest BCUT2D eigenvalue weighted by Crippen LogP contribution is -2.32. The summed E-state index contributed by atoms with van der Waals surface area (Å²) in [6.45, 7) is 0. The molecule has 2 aliphatic carbocycles. The fourth-order valence-corrected chi connectivity index (χ4v) is 3.84. The summed E-state index contributed by atoms with van der Waals surface area (Å²) in [7, 11) is 1.74. The largest absolute Gasteiger partial charge is 0.497 e. The van der Waals surface area contributed by atoms with Crippen molar-refractivity contribution in [2.75, 3.05) is 7.11 Å². The number of benzene rings is 2. The maximum Gasteiger partial charge on any atom is 0.119 e. The zero-order valence-corrected chi connectivity index (χ0v) is 12.4. The molecule has 0 amide bonds. The highest BCUT2D eigenvalue weighted by atomic mass is 16.5. The van der Waals surface area contributed by atoms with Crippen molar-refractivity contribution >= 4 is 0 Å². The van der Waals surface area contributed by atoms with Gasteiger partial charge in [0, 0.05) is 12.1 Å². The predicted molar refractivity (Wildman–Crippen MR) is 84.8 cm³/mol. The molecular weight excluding hydrogens is 258 g/mol. The summed E-state index contributed by atoms with van der Waals surface area (Å²) >= 11 is 0. The Morgan fingerprint density at radius 2 is 1.76 bits per heavy atom. The van der Waals surface area contributed by atoms with Crippen LogP contribution in [-0.2, 0) is 19.3 Å². The molecule has 1 unspecified atom stereocenters. The first-order valence-electron chi connectivity index (χ1n) is 7.83. The normalized spacial score (nSPS) is 20.3. The smallest absolute Gasteiger partial charge is 0.119 e. The Hall–Kier alpha value is -1.80. The number of aryl methyl sites for hydroxylation is 1. The molecule has 0 saturated heterocycles. The van der Waals surface area contributed by atoms with Crippen LogP contribution < -0.4 is 10.1 Å². The number of fused-ring (bicyclic) bond motifs is 2. The Labute approximate surface area is 126 Å². The molecule has 0 saturated carbocycles. The zero-order valence-electron chi connectivity index (χ0n) is 12.4. The van der Waals surface area contributed by atoms with E-state index >= 15 is 0 Å². The third-order valence-electron chi connectivity index (χ3n) is 4.92. The number of rotatable bonds is 3. The molecule has 0 bridgehead atoms. The van der Waals surface area contributed by atoms with E-state index in [1.807, 2.05) is 0 Å². The first-order chi connectivity index (χ1) is 10.3. The summed E-state index contributed by atoms with van der Waals surface area (Å²) in [5, 5.41) is 3.88. The van der Waals surface area contributed by atoms with Crippen molar-refractivity contribution in [3.05, 3.63) is 64.7 Å². The molecule has 1 N–H and O–H groups in total. The average molecular weight is 279 g/mol. The van der Waals surface area contributed by atoms with Crippen molar-refractivity contribution in [3.63, 3.8) is 0 Å². The van der Waals surface area contributed by atoms with Crippen LogP contribution in [0, 0.1) is 0 Å². The Morgan fingerprint density at radius 3 is 2.48 bits per heavy atom. The van der Waals surface area contributed by atoms with Gasteiger partial charge in [0.15, 0.2) is 0 Å². The van der Waals surface area contributed by atoms with Gasteiger partial charge in [0.2, 0.25) is 0 Å². The molecule has 108 valence electrons. The molecule has 2 aromatic carbocycles. The Kier molecular flexibility index (Phi) is 3.19. The molecular formula is C19H21NO. The number of methoxy groups -OCH3 is 1. The van der Waals surface area contributed by atoms with Gasteiger partial charge in [0.1, 0.15) is 5.75 Å². The van der Waals surface area contributed by atoms with Crippen LogP contribution in [0.25, 0.3) is 0 Å². The summed E-state index contributed by atoms with van der Waals surface area (Å²) in [6, 6.07) is 16.4. The van der Waals surface area contributed by atoms with Crippen LogP contribution in [0.5, 0.6) is 5.75 Å². The lowest BCUT2D eigenvalue weighted by Gasteiger charge is -2.20. The van der Waals surface area contributed by atoms with Gasteiger partial charge in [0.05, 0.1) is 7.11 Å². The Morgan fingerprint density at radius 1 is 1.00 bits per heavy atom. The maximum atomic E-state index is 5.38. The van der Waals surface area contributed by atoms with E-state index in [4.69, 9.17) is 4.74 Å². The van der Waals surface area contributed by atoms with Crippen molar-refractivity contribution < 1.29 is 4.74 Å². The van der Waals surface area contributed by atoms with E-state index < -0.39 is 0 Å². The second-order valence-corrected chi connectivity index (χ2v) is 6.20. The van der Waals surface area contributed by atoms with Crippen LogP contribution in [-0.4, -0.2) is 13.2 Å². The quantitative estimate of drug-likeness (QED) is 0.929. The molecule has 0 fully saturated rings. The Balaban J connectivity index is 1.51. The van der Waals surface area contributed by atoms with E-state index in [1.54, 1.807) is 7.11 Å². The van der Waals surface area contributed by atoms with Crippen LogP contribution in [0.2, 0.25) is 0 Å². The van der Waals surface area contributed by atoms with Gasteiger partial charge in [-0.25, -0.2) is 0 Å². The highest BCUT2D eigenvalue weighted by molar-refractivity contribution is 5.41. The van der Waals surface area contributed by atoms with Crippen LogP contribution in [0.4, 0.5) is 0 Å². The zero-order chi connectivity index (χ0) is 14.2. The minimum absolute atomic E-state index is 0.481. The summed E-state index contributed by atoms with van der Waals surface area (Å²) in [5.74, 6) is 0.970. The van der Waals surface area contributed by atoms with Gasteiger partial charge in [-0.15, -0.1) is 0 Å². The highest BCUT2D eigenvalue weighted by Crippen LogP contribution is 2.35. The molecule has 4 rings (SSSR count). The number of nitrogens with one attached hydrogen (secondary N) is 1. The maximum absolute atomic E-state index is 5.38. The average Bonchev–Trinajstić information content (AvgIpc) is 3.10. The molecule has 1 atom stereocenters. The minimum atomic E-state index is 0.481. The molecule has 2 nitrogen and oxygen atoms in total. The van der Waals surface area contributed by atoms with Crippen LogP contribution in [0.1, 0.15) is 34.7 Å². The summed E-state index contributed by atoms with van der Waals surface area (Å²) in [5.41, 5.74) is 5.94. The van der Waals surface area contributed by atoms with Crippen molar-refractivity contribution in [1.82, 2.24) is 5.32 Å². The van der Waals surface area contributed by atoms with Gasteiger partial charge in [-0.1, -0.05) is 30.3 Å². The number of hydrogen-bond acceptors (Lipinski definition) is 2. The molecule has 2 aliphatic rings. The molecule has 0 aromatic heterocycles. The number of ether oxygens (including phenoxy) is 1. The molecule has 2 heteroatoms. The third kappa shape index (κ3) is 2.34.